The molecule has 1 aliphatic heterocycles. The van der Waals surface area contributed by atoms with Crippen molar-refractivity contribution in [3.05, 3.63) is 11.6 Å². The van der Waals surface area contributed by atoms with Gasteiger partial charge in [0, 0.05) is 12.5 Å². The molecule has 5 rings (SSSR count). The van der Waals surface area contributed by atoms with Gasteiger partial charge in [-0.3, -0.25) is 0 Å². The Kier molecular flexibility index (Phi) is 4.18. The number of aliphatic hydroxyl groups is 3. The third-order valence-electron chi connectivity index (χ3n) is 9.58. The summed E-state index contributed by atoms with van der Waals surface area (Å²) < 4.78 is 5.10. The van der Waals surface area contributed by atoms with Gasteiger partial charge in [-0.2, -0.15) is 0 Å². The van der Waals surface area contributed by atoms with Gasteiger partial charge in [0.25, 0.3) is 0 Å². The molecule has 0 saturated heterocycles. The van der Waals surface area contributed by atoms with Gasteiger partial charge in [-0.05, 0) is 80.1 Å². The summed E-state index contributed by atoms with van der Waals surface area (Å²) in [6.07, 6.45) is 7.36. The third kappa shape index (κ3) is 2.58. The predicted molar refractivity (Wildman–Crippen MR) is 104 cm³/mol. The maximum atomic E-state index is 12.5. The van der Waals surface area contributed by atoms with E-state index in [0.29, 0.717) is 45.1 Å². The molecule has 4 saturated carbocycles. The van der Waals surface area contributed by atoms with Crippen LogP contribution in [0, 0.1) is 28.6 Å². The lowest BCUT2D eigenvalue weighted by atomic mass is 9.43. The quantitative estimate of drug-likeness (QED) is 0.480. The molecular formula is C23H32O6. The van der Waals surface area contributed by atoms with Crippen LogP contribution in [-0.4, -0.2) is 51.5 Å². The van der Waals surface area contributed by atoms with Crippen LogP contribution >= 0.6 is 0 Å². The standard InChI is InChI=1S/C23H32O6/c1-20-7-16(15-6-19(26)29-12-15)9-23(20,28)8-14-2-5-22(27)10-17(25)3-4-21(22,13-24)18(14)11-20/h6,13-14,16-18,25,27-28H,2-5,7-12H2,1H3/t14-,16-,17+,18-,20+,21-,22+,23+/m0/s1. The van der Waals surface area contributed by atoms with Crippen LogP contribution in [0.1, 0.15) is 64.7 Å². The Hall–Kier alpha value is -1.24. The Labute approximate surface area is 171 Å². The summed E-state index contributed by atoms with van der Waals surface area (Å²) in [7, 11) is 0. The van der Waals surface area contributed by atoms with E-state index in [9.17, 15) is 24.9 Å². The number of cyclic esters (lactones) is 1. The SMILES string of the molecule is C[C@]12C[C@H](C3=CC(=O)OC3)C[C@]1(O)C[C@@H]1CC[C@@]3(O)C[C@H](O)CC[C@]3(C=O)[C@H]1C2. The van der Waals surface area contributed by atoms with Gasteiger partial charge in [0.1, 0.15) is 12.9 Å². The molecule has 0 aromatic rings. The number of fused-ring (bicyclic) bond motifs is 4. The molecule has 4 aliphatic carbocycles. The van der Waals surface area contributed by atoms with Crippen LogP contribution in [0.3, 0.4) is 0 Å². The summed E-state index contributed by atoms with van der Waals surface area (Å²) in [5.41, 5.74) is -2.19. The zero-order chi connectivity index (χ0) is 20.7. The van der Waals surface area contributed by atoms with E-state index < -0.39 is 22.7 Å². The highest BCUT2D eigenvalue weighted by Crippen LogP contribution is 2.68. The summed E-state index contributed by atoms with van der Waals surface area (Å²) in [6.45, 7) is 2.43. The Balaban J connectivity index is 1.48. The van der Waals surface area contributed by atoms with Crippen LogP contribution in [0.4, 0.5) is 0 Å². The fourth-order valence-corrected chi connectivity index (χ4v) is 7.95. The number of ether oxygens (including phenoxy) is 1. The topological polar surface area (TPSA) is 104 Å². The average molecular weight is 405 g/mol. The second-order valence-electron chi connectivity index (χ2n) is 10.9. The van der Waals surface area contributed by atoms with Crippen molar-refractivity contribution < 1.29 is 29.6 Å². The van der Waals surface area contributed by atoms with Crippen LogP contribution in [0.5, 0.6) is 0 Å². The number of carbonyl (C=O) groups excluding carboxylic acids is 2. The van der Waals surface area contributed by atoms with Crippen molar-refractivity contribution in [2.45, 2.75) is 82.0 Å². The minimum atomic E-state index is -1.15. The van der Waals surface area contributed by atoms with E-state index in [2.05, 4.69) is 6.92 Å². The van der Waals surface area contributed by atoms with E-state index in [1.165, 1.54) is 0 Å². The van der Waals surface area contributed by atoms with Gasteiger partial charge >= 0.3 is 5.97 Å². The Bertz CT molecular complexity index is 777. The molecule has 0 unspecified atom stereocenters. The van der Waals surface area contributed by atoms with E-state index in [0.717, 1.165) is 24.7 Å². The first-order chi connectivity index (χ1) is 13.6. The van der Waals surface area contributed by atoms with Gasteiger partial charge < -0.3 is 24.9 Å². The van der Waals surface area contributed by atoms with Gasteiger partial charge in [0.2, 0.25) is 0 Å². The maximum Gasteiger partial charge on any atom is 0.331 e. The molecule has 5 aliphatic rings. The smallest absolute Gasteiger partial charge is 0.331 e. The third-order valence-corrected chi connectivity index (χ3v) is 9.58. The van der Waals surface area contributed by atoms with Crippen LogP contribution < -0.4 is 0 Å². The molecule has 0 spiro atoms. The lowest BCUT2D eigenvalue weighted by Gasteiger charge is -2.63. The van der Waals surface area contributed by atoms with E-state index in [1.807, 2.05) is 0 Å². The number of aldehydes is 1. The molecule has 160 valence electrons. The number of rotatable bonds is 2. The minimum Gasteiger partial charge on any atom is -0.458 e. The molecule has 6 nitrogen and oxygen atoms in total. The van der Waals surface area contributed by atoms with Crippen LogP contribution in [0.15, 0.2) is 11.6 Å². The summed E-state index contributed by atoms with van der Waals surface area (Å²) in [6, 6.07) is 0. The highest BCUT2D eigenvalue weighted by atomic mass is 16.5. The number of aliphatic hydroxyl groups excluding tert-OH is 1. The molecule has 6 heteroatoms. The first-order valence-corrected chi connectivity index (χ1v) is 11.1. The molecule has 29 heavy (non-hydrogen) atoms. The van der Waals surface area contributed by atoms with Crippen molar-refractivity contribution in [3.63, 3.8) is 0 Å². The highest BCUT2D eigenvalue weighted by molar-refractivity contribution is 5.85. The van der Waals surface area contributed by atoms with Crippen molar-refractivity contribution in [3.8, 4) is 0 Å². The number of carbonyl (C=O) groups is 2. The van der Waals surface area contributed by atoms with Crippen molar-refractivity contribution in [1.82, 2.24) is 0 Å². The molecule has 0 bridgehead atoms. The predicted octanol–water partition coefficient (Wildman–Crippen LogP) is 1.90. The summed E-state index contributed by atoms with van der Waals surface area (Å²) in [5.74, 6) is 0.0379. The van der Waals surface area contributed by atoms with Gasteiger partial charge in [0.15, 0.2) is 0 Å². The molecule has 0 amide bonds. The fourth-order valence-electron chi connectivity index (χ4n) is 7.95. The normalized spacial score (nSPS) is 54.1. The molecule has 8 atom stereocenters. The van der Waals surface area contributed by atoms with Crippen molar-refractivity contribution in [2.75, 3.05) is 6.61 Å². The fraction of sp³-hybridized carbons (Fsp3) is 0.826. The molecule has 0 aromatic heterocycles. The van der Waals surface area contributed by atoms with E-state index >= 15 is 0 Å². The zero-order valence-electron chi connectivity index (χ0n) is 17.1. The van der Waals surface area contributed by atoms with Gasteiger partial charge in [0.05, 0.1) is 22.7 Å². The highest BCUT2D eigenvalue weighted by Gasteiger charge is 2.68. The minimum absolute atomic E-state index is 0.0192. The summed E-state index contributed by atoms with van der Waals surface area (Å²) in [4.78, 5) is 24.0. The van der Waals surface area contributed by atoms with E-state index in [4.69, 9.17) is 4.74 Å². The molecule has 0 aromatic carbocycles. The molecule has 0 radical (unpaired) electrons. The van der Waals surface area contributed by atoms with Crippen molar-refractivity contribution in [2.24, 2.45) is 28.6 Å². The number of hydrogen-bond acceptors (Lipinski definition) is 6. The Morgan fingerprint density at radius 1 is 1.07 bits per heavy atom. The average Bonchev–Trinajstić information content (AvgIpc) is 3.20. The first kappa shape index (κ1) is 19.7. The zero-order valence-corrected chi connectivity index (χ0v) is 17.1. The van der Waals surface area contributed by atoms with E-state index in [1.54, 1.807) is 6.08 Å². The lowest BCUT2D eigenvalue weighted by Crippen LogP contribution is -2.66. The summed E-state index contributed by atoms with van der Waals surface area (Å²) >= 11 is 0. The second-order valence-corrected chi connectivity index (χ2v) is 10.9. The van der Waals surface area contributed by atoms with Crippen LogP contribution in [0.25, 0.3) is 0 Å². The molecule has 1 heterocycles. The van der Waals surface area contributed by atoms with Crippen LogP contribution in [0.2, 0.25) is 0 Å². The van der Waals surface area contributed by atoms with Gasteiger partial charge in [-0.15, -0.1) is 0 Å². The monoisotopic (exact) mass is 404 g/mol. The lowest BCUT2D eigenvalue weighted by molar-refractivity contribution is -0.229. The van der Waals surface area contributed by atoms with Gasteiger partial charge in [-0.25, -0.2) is 4.79 Å². The Morgan fingerprint density at radius 3 is 2.55 bits per heavy atom. The second kappa shape index (κ2) is 6.14. The van der Waals surface area contributed by atoms with Crippen molar-refractivity contribution in [1.29, 1.82) is 0 Å². The van der Waals surface area contributed by atoms with Gasteiger partial charge in [-0.1, -0.05) is 6.92 Å². The largest absolute Gasteiger partial charge is 0.458 e. The summed E-state index contributed by atoms with van der Waals surface area (Å²) in [5, 5.41) is 33.4. The Morgan fingerprint density at radius 2 is 1.86 bits per heavy atom. The number of hydrogen-bond donors (Lipinski definition) is 3. The molecule has 4 fully saturated rings. The first-order valence-electron chi connectivity index (χ1n) is 11.1. The molecular weight excluding hydrogens is 372 g/mol. The van der Waals surface area contributed by atoms with E-state index in [-0.39, 0.29) is 35.6 Å². The van der Waals surface area contributed by atoms with Crippen molar-refractivity contribution >= 4 is 12.3 Å². The molecule has 3 N–H and O–H groups in total. The maximum absolute atomic E-state index is 12.5. The number of esters is 1. The van der Waals surface area contributed by atoms with Crippen LogP contribution in [-0.2, 0) is 14.3 Å².